The Bertz CT molecular complexity index is 667. The molecule has 0 radical (unpaired) electrons. The molecule has 0 aromatic heterocycles. The maximum atomic E-state index is 5.44. The number of thioether (sulfide) groups is 1. The van der Waals surface area contributed by atoms with Crippen molar-refractivity contribution in [3.8, 4) is 5.75 Å². The lowest BCUT2D eigenvalue weighted by molar-refractivity contribution is 0.406. The van der Waals surface area contributed by atoms with E-state index in [2.05, 4.69) is 52.9 Å². The van der Waals surface area contributed by atoms with Gasteiger partial charge < -0.3 is 15.4 Å². The number of aliphatic imine (C=N–C) groups is 1. The molecule has 2 N–H and O–H groups in total. The molecule has 26 heavy (non-hydrogen) atoms. The third kappa shape index (κ3) is 7.45. The third-order valence-electron chi connectivity index (χ3n) is 3.88. The van der Waals surface area contributed by atoms with Crippen LogP contribution < -0.4 is 15.4 Å². The quantitative estimate of drug-likeness (QED) is 0.192. The fourth-order valence-corrected chi connectivity index (χ4v) is 3.30. The second-order valence-corrected chi connectivity index (χ2v) is 6.85. The van der Waals surface area contributed by atoms with Crippen LogP contribution in [0.4, 0.5) is 0 Å². The maximum absolute atomic E-state index is 5.44. The zero-order chi connectivity index (χ0) is 17.9. The molecule has 0 bridgehead atoms. The number of methoxy groups -OCH3 is 1. The minimum atomic E-state index is 0. The van der Waals surface area contributed by atoms with Crippen molar-refractivity contribution in [2.75, 3.05) is 33.0 Å². The third-order valence-corrected chi connectivity index (χ3v) is 4.89. The van der Waals surface area contributed by atoms with Gasteiger partial charge in [0.2, 0.25) is 0 Å². The fraction of sp³-hybridized carbons (Fsp3) is 0.350. The summed E-state index contributed by atoms with van der Waals surface area (Å²) in [6, 6.07) is 18.6. The molecule has 0 saturated carbocycles. The number of ether oxygens (including phenoxy) is 1. The van der Waals surface area contributed by atoms with E-state index in [1.165, 1.54) is 10.5 Å². The zero-order valence-corrected chi connectivity index (χ0v) is 18.7. The number of nitrogens with one attached hydrogen (secondary N) is 2. The number of halogens is 1. The predicted octanol–water partition coefficient (Wildman–Crippen LogP) is 4.37. The van der Waals surface area contributed by atoms with E-state index in [1.807, 2.05) is 36.0 Å². The monoisotopic (exact) mass is 485 g/mol. The van der Waals surface area contributed by atoms with Crippen molar-refractivity contribution >= 4 is 41.7 Å². The van der Waals surface area contributed by atoms with E-state index in [4.69, 9.17) is 4.74 Å². The van der Waals surface area contributed by atoms with Crippen molar-refractivity contribution in [1.29, 1.82) is 0 Å². The van der Waals surface area contributed by atoms with Crippen molar-refractivity contribution in [2.24, 2.45) is 4.99 Å². The van der Waals surface area contributed by atoms with Crippen LogP contribution in [0.5, 0.6) is 5.75 Å². The topological polar surface area (TPSA) is 45.7 Å². The molecule has 0 aliphatic carbocycles. The van der Waals surface area contributed by atoms with E-state index in [0.717, 1.165) is 30.6 Å². The molecule has 142 valence electrons. The van der Waals surface area contributed by atoms with Crippen molar-refractivity contribution in [3.63, 3.8) is 0 Å². The molecule has 0 heterocycles. The minimum Gasteiger partial charge on any atom is -0.496 e. The van der Waals surface area contributed by atoms with Crippen LogP contribution in [0, 0.1) is 0 Å². The number of rotatable bonds is 8. The summed E-state index contributed by atoms with van der Waals surface area (Å²) in [4.78, 5) is 5.58. The van der Waals surface area contributed by atoms with Crippen molar-refractivity contribution in [2.45, 2.75) is 17.7 Å². The largest absolute Gasteiger partial charge is 0.496 e. The van der Waals surface area contributed by atoms with Gasteiger partial charge in [-0.2, -0.15) is 0 Å². The molecule has 0 aliphatic heterocycles. The van der Waals surface area contributed by atoms with Gasteiger partial charge in [-0.25, -0.2) is 0 Å². The number of hydrogen-bond acceptors (Lipinski definition) is 3. The second kappa shape index (κ2) is 12.9. The van der Waals surface area contributed by atoms with E-state index < -0.39 is 0 Å². The van der Waals surface area contributed by atoms with E-state index in [-0.39, 0.29) is 24.0 Å². The molecular formula is C20H28IN3OS. The Morgan fingerprint density at radius 1 is 1.08 bits per heavy atom. The summed E-state index contributed by atoms with van der Waals surface area (Å²) in [5, 5.41) is 6.75. The van der Waals surface area contributed by atoms with Crippen LogP contribution in [0.15, 0.2) is 64.5 Å². The summed E-state index contributed by atoms with van der Waals surface area (Å²) in [6.07, 6.45) is 0. The molecule has 2 aromatic carbocycles. The van der Waals surface area contributed by atoms with Gasteiger partial charge in [0.1, 0.15) is 5.75 Å². The van der Waals surface area contributed by atoms with Gasteiger partial charge in [0.15, 0.2) is 5.96 Å². The SMILES string of the molecule is CN=C(NCCSc1ccccc1)NCC(C)c1ccccc1OC.I. The van der Waals surface area contributed by atoms with Gasteiger partial charge in [-0.1, -0.05) is 43.3 Å². The van der Waals surface area contributed by atoms with Gasteiger partial charge >= 0.3 is 0 Å². The smallest absolute Gasteiger partial charge is 0.191 e. The molecule has 2 aromatic rings. The second-order valence-electron chi connectivity index (χ2n) is 5.68. The number of nitrogens with zero attached hydrogens (tertiary/aromatic N) is 1. The maximum Gasteiger partial charge on any atom is 0.191 e. The van der Waals surface area contributed by atoms with E-state index in [1.54, 1.807) is 14.2 Å². The number of benzene rings is 2. The fourth-order valence-electron chi connectivity index (χ4n) is 2.51. The summed E-state index contributed by atoms with van der Waals surface area (Å²) in [6.45, 7) is 3.84. The Kier molecular flexibility index (Phi) is 11.2. The summed E-state index contributed by atoms with van der Waals surface area (Å²) in [5.41, 5.74) is 1.20. The van der Waals surface area contributed by atoms with Crippen molar-refractivity contribution < 1.29 is 4.74 Å². The molecule has 2 rings (SSSR count). The highest BCUT2D eigenvalue weighted by molar-refractivity contribution is 14.0. The van der Waals surface area contributed by atoms with Crippen LogP contribution in [-0.2, 0) is 0 Å². The highest BCUT2D eigenvalue weighted by Gasteiger charge is 2.11. The van der Waals surface area contributed by atoms with E-state index >= 15 is 0 Å². The highest BCUT2D eigenvalue weighted by atomic mass is 127. The summed E-state index contributed by atoms with van der Waals surface area (Å²) in [7, 11) is 3.51. The van der Waals surface area contributed by atoms with Crippen molar-refractivity contribution in [1.82, 2.24) is 10.6 Å². The number of guanidine groups is 1. The zero-order valence-electron chi connectivity index (χ0n) is 15.6. The standard InChI is InChI=1S/C20H27N3OS.HI/c1-16(18-11-7-8-12-19(18)24-3)15-23-20(21-2)22-13-14-25-17-9-5-4-6-10-17;/h4-12,16H,13-15H2,1-3H3,(H2,21,22,23);1H. The van der Waals surface area contributed by atoms with E-state index in [9.17, 15) is 0 Å². The average Bonchev–Trinajstić information content (AvgIpc) is 2.68. The first-order chi connectivity index (χ1) is 12.2. The van der Waals surface area contributed by atoms with Gasteiger partial charge in [0.05, 0.1) is 7.11 Å². The van der Waals surface area contributed by atoms with Crippen LogP contribution in [0.3, 0.4) is 0 Å². The first-order valence-electron chi connectivity index (χ1n) is 8.50. The Hall–Kier alpha value is -1.41. The Morgan fingerprint density at radius 3 is 2.46 bits per heavy atom. The molecule has 6 heteroatoms. The Morgan fingerprint density at radius 2 is 1.77 bits per heavy atom. The average molecular weight is 485 g/mol. The van der Waals surface area contributed by atoms with Gasteiger partial charge in [-0.15, -0.1) is 35.7 Å². The lowest BCUT2D eigenvalue weighted by atomic mass is 10.0. The van der Waals surface area contributed by atoms with Crippen molar-refractivity contribution in [3.05, 3.63) is 60.2 Å². The Labute approximate surface area is 178 Å². The molecule has 1 atom stereocenters. The highest BCUT2D eigenvalue weighted by Crippen LogP contribution is 2.25. The lowest BCUT2D eigenvalue weighted by Crippen LogP contribution is -2.40. The van der Waals surface area contributed by atoms with Crippen LogP contribution in [0.2, 0.25) is 0 Å². The van der Waals surface area contributed by atoms with Crippen LogP contribution >= 0.6 is 35.7 Å². The normalized spacial score (nSPS) is 12.0. The first-order valence-corrected chi connectivity index (χ1v) is 9.48. The minimum absolute atomic E-state index is 0. The molecule has 0 aliphatic rings. The van der Waals surface area contributed by atoms with Gasteiger partial charge in [0.25, 0.3) is 0 Å². The van der Waals surface area contributed by atoms with Crippen LogP contribution in [-0.4, -0.2) is 39.0 Å². The first kappa shape index (κ1) is 22.6. The number of para-hydroxylation sites is 1. The molecule has 0 fully saturated rings. The predicted molar refractivity (Wildman–Crippen MR) is 123 cm³/mol. The summed E-state index contributed by atoms with van der Waals surface area (Å²) < 4.78 is 5.44. The molecule has 0 spiro atoms. The molecule has 1 unspecified atom stereocenters. The molecule has 0 saturated heterocycles. The van der Waals surface area contributed by atoms with Crippen LogP contribution in [0.25, 0.3) is 0 Å². The Balaban J connectivity index is 0.00000338. The molecule has 4 nitrogen and oxygen atoms in total. The van der Waals surface area contributed by atoms with E-state index in [0.29, 0.717) is 5.92 Å². The van der Waals surface area contributed by atoms with Gasteiger partial charge in [-0.3, -0.25) is 4.99 Å². The van der Waals surface area contributed by atoms with Gasteiger partial charge in [0, 0.05) is 36.7 Å². The molecular weight excluding hydrogens is 457 g/mol. The van der Waals surface area contributed by atoms with Crippen LogP contribution in [0.1, 0.15) is 18.4 Å². The molecule has 0 amide bonds. The summed E-state index contributed by atoms with van der Waals surface area (Å²) >= 11 is 1.84. The summed E-state index contributed by atoms with van der Waals surface area (Å²) in [5.74, 6) is 3.08. The lowest BCUT2D eigenvalue weighted by Gasteiger charge is -2.18. The number of hydrogen-bond donors (Lipinski definition) is 2. The van der Waals surface area contributed by atoms with Gasteiger partial charge in [-0.05, 0) is 23.8 Å².